The van der Waals surface area contributed by atoms with E-state index < -0.39 is 0 Å². The first-order valence-electron chi connectivity index (χ1n) is 7.47. The lowest BCUT2D eigenvalue weighted by Crippen LogP contribution is -2.26. The molecule has 3 aromatic carbocycles. The van der Waals surface area contributed by atoms with Gasteiger partial charge in [0.15, 0.2) is 0 Å². The summed E-state index contributed by atoms with van der Waals surface area (Å²) in [6.07, 6.45) is 0. The number of para-hydroxylation sites is 1. The summed E-state index contributed by atoms with van der Waals surface area (Å²) in [5.41, 5.74) is 5.83. The fourth-order valence-corrected chi connectivity index (χ4v) is 2.82. The van der Waals surface area contributed by atoms with Crippen LogP contribution < -0.4 is 5.01 Å². The van der Waals surface area contributed by atoms with Crippen LogP contribution in [0.2, 0.25) is 0 Å². The molecule has 2 nitrogen and oxygen atoms in total. The smallest absolute Gasteiger partial charge is 0.0984 e. The zero-order valence-corrected chi connectivity index (χ0v) is 12.2. The largest absolute Gasteiger partial charge is 0.260 e. The van der Waals surface area contributed by atoms with Crippen molar-refractivity contribution < 1.29 is 0 Å². The van der Waals surface area contributed by atoms with Gasteiger partial charge < -0.3 is 0 Å². The third-order valence-corrected chi connectivity index (χ3v) is 3.91. The van der Waals surface area contributed by atoms with Crippen LogP contribution in [-0.4, -0.2) is 5.71 Å². The standard InChI is InChI=1S/C20H16N2/c1-3-9-16(10-4-1)20-19-14-8-7-11-17(19)15-22(21-20)18-12-5-2-6-13-18/h1-14H,15H2. The summed E-state index contributed by atoms with van der Waals surface area (Å²) in [7, 11) is 0. The first kappa shape index (κ1) is 12.8. The summed E-state index contributed by atoms with van der Waals surface area (Å²) in [5.74, 6) is 0. The predicted molar refractivity (Wildman–Crippen MR) is 91.1 cm³/mol. The highest BCUT2D eigenvalue weighted by molar-refractivity contribution is 6.14. The van der Waals surface area contributed by atoms with E-state index in [9.17, 15) is 0 Å². The van der Waals surface area contributed by atoms with Crippen molar-refractivity contribution >= 4 is 11.4 Å². The molecule has 0 atom stereocenters. The Labute approximate surface area is 130 Å². The fraction of sp³-hybridized carbons (Fsp3) is 0.0500. The van der Waals surface area contributed by atoms with E-state index in [2.05, 4.69) is 65.7 Å². The molecular weight excluding hydrogens is 268 g/mol. The maximum Gasteiger partial charge on any atom is 0.0984 e. The summed E-state index contributed by atoms with van der Waals surface area (Å²) in [4.78, 5) is 0. The summed E-state index contributed by atoms with van der Waals surface area (Å²) < 4.78 is 0. The van der Waals surface area contributed by atoms with Crippen molar-refractivity contribution in [2.45, 2.75) is 6.54 Å². The minimum Gasteiger partial charge on any atom is -0.260 e. The van der Waals surface area contributed by atoms with Gasteiger partial charge in [-0.3, -0.25) is 5.01 Å². The lowest BCUT2D eigenvalue weighted by Gasteiger charge is -2.27. The number of hydrogen-bond donors (Lipinski definition) is 0. The Morgan fingerprint density at radius 1 is 0.682 bits per heavy atom. The minimum absolute atomic E-state index is 0.802. The van der Waals surface area contributed by atoms with Crippen LogP contribution in [0.15, 0.2) is 90.0 Å². The Morgan fingerprint density at radius 3 is 2.09 bits per heavy atom. The quantitative estimate of drug-likeness (QED) is 0.678. The van der Waals surface area contributed by atoms with Gasteiger partial charge in [-0.2, -0.15) is 5.10 Å². The maximum absolute atomic E-state index is 4.91. The molecule has 0 spiro atoms. The molecule has 2 heteroatoms. The number of nitrogens with zero attached hydrogens (tertiary/aromatic N) is 2. The van der Waals surface area contributed by atoms with E-state index in [-0.39, 0.29) is 0 Å². The molecule has 0 radical (unpaired) electrons. The van der Waals surface area contributed by atoms with Crippen LogP contribution in [0.4, 0.5) is 5.69 Å². The second-order valence-electron chi connectivity index (χ2n) is 5.36. The van der Waals surface area contributed by atoms with Crippen molar-refractivity contribution in [2.75, 3.05) is 5.01 Å². The van der Waals surface area contributed by atoms with Crippen molar-refractivity contribution in [1.82, 2.24) is 0 Å². The Kier molecular flexibility index (Phi) is 3.20. The van der Waals surface area contributed by atoms with Gasteiger partial charge in [0.1, 0.15) is 0 Å². The molecule has 3 aromatic rings. The van der Waals surface area contributed by atoms with E-state index >= 15 is 0 Å². The van der Waals surface area contributed by atoms with Crippen molar-refractivity contribution in [2.24, 2.45) is 5.10 Å². The summed E-state index contributed by atoms with van der Waals surface area (Å²) in [5, 5.41) is 6.99. The Hall–Kier alpha value is -2.87. The molecule has 0 amide bonds. The van der Waals surface area contributed by atoms with E-state index in [1.165, 1.54) is 11.1 Å². The van der Waals surface area contributed by atoms with Crippen LogP contribution in [0.25, 0.3) is 0 Å². The van der Waals surface area contributed by atoms with Crippen molar-refractivity contribution in [3.05, 3.63) is 102 Å². The molecule has 0 aliphatic carbocycles. The molecule has 4 rings (SSSR count). The van der Waals surface area contributed by atoms with Crippen LogP contribution in [-0.2, 0) is 6.54 Å². The first-order chi connectivity index (χ1) is 10.9. The average Bonchev–Trinajstić information content (AvgIpc) is 2.62. The molecule has 0 N–H and O–H groups in total. The molecule has 1 aliphatic rings. The Balaban J connectivity index is 1.86. The molecular formula is C20H16N2. The minimum atomic E-state index is 0.802. The van der Waals surface area contributed by atoms with Crippen LogP contribution in [0, 0.1) is 0 Å². The van der Waals surface area contributed by atoms with Crippen molar-refractivity contribution in [1.29, 1.82) is 0 Å². The molecule has 0 unspecified atom stereocenters. The highest BCUT2D eigenvalue weighted by Gasteiger charge is 2.20. The van der Waals surface area contributed by atoms with Gasteiger partial charge in [0, 0.05) is 11.1 Å². The number of benzene rings is 3. The van der Waals surface area contributed by atoms with E-state index in [0.717, 1.165) is 23.5 Å². The zero-order chi connectivity index (χ0) is 14.8. The predicted octanol–water partition coefficient (Wildman–Crippen LogP) is 4.46. The second kappa shape index (κ2) is 5.49. The van der Waals surface area contributed by atoms with Crippen LogP contribution in [0.3, 0.4) is 0 Å². The van der Waals surface area contributed by atoms with Gasteiger partial charge in [0.2, 0.25) is 0 Å². The number of rotatable bonds is 2. The molecule has 1 aliphatic heterocycles. The van der Waals surface area contributed by atoms with E-state index in [1.54, 1.807) is 0 Å². The molecule has 106 valence electrons. The lowest BCUT2D eigenvalue weighted by atomic mass is 9.96. The normalized spacial score (nSPS) is 13.5. The highest BCUT2D eigenvalue weighted by atomic mass is 15.5. The first-order valence-corrected chi connectivity index (χ1v) is 7.47. The third kappa shape index (κ3) is 2.29. The summed E-state index contributed by atoms with van der Waals surface area (Å²) in [6.45, 7) is 0.802. The van der Waals surface area contributed by atoms with Gasteiger partial charge in [0.25, 0.3) is 0 Å². The fourth-order valence-electron chi connectivity index (χ4n) is 2.82. The van der Waals surface area contributed by atoms with E-state index in [0.29, 0.717) is 0 Å². The topological polar surface area (TPSA) is 15.6 Å². The molecule has 0 aromatic heterocycles. The summed E-state index contributed by atoms with van der Waals surface area (Å²) in [6, 6.07) is 29.2. The van der Waals surface area contributed by atoms with Gasteiger partial charge in [-0.1, -0.05) is 72.8 Å². The van der Waals surface area contributed by atoms with Crippen LogP contribution in [0.1, 0.15) is 16.7 Å². The molecule has 0 fully saturated rings. The van der Waals surface area contributed by atoms with Crippen LogP contribution in [0.5, 0.6) is 0 Å². The van der Waals surface area contributed by atoms with Gasteiger partial charge in [-0.05, 0) is 17.7 Å². The van der Waals surface area contributed by atoms with Gasteiger partial charge >= 0.3 is 0 Å². The Morgan fingerprint density at radius 2 is 1.32 bits per heavy atom. The van der Waals surface area contributed by atoms with Crippen molar-refractivity contribution in [3.63, 3.8) is 0 Å². The van der Waals surface area contributed by atoms with Gasteiger partial charge in [-0.15, -0.1) is 0 Å². The average molecular weight is 284 g/mol. The number of hydrogen-bond acceptors (Lipinski definition) is 2. The van der Waals surface area contributed by atoms with E-state index in [1.807, 2.05) is 24.3 Å². The van der Waals surface area contributed by atoms with Gasteiger partial charge in [-0.25, -0.2) is 0 Å². The van der Waals surface area contributed by atoms with Crippen LogP contribution >= 0.6 is 0 Å². The zero-order valence-electron chi connectivity index (χ0n) is 12.2. The Bertz CT molecular complexity index is 807. The molecule has 1 heterocycles. The summed E-state index contributed by atoms with van der Waals surface area (Å²) >= 11 is 0. The number of anilines is 1. The molecule has 22 heavy (non-hydrogen) atoms. The lowest BCUT2D eigenvalue weighted by molar-refractivity contribution is 0.837. The maximum atomic E-state index is 4.91. The van der Waals surface area contributed by atoms with E-state index in [4.69, 9.17) is 5.10 Å². The molecule has 0 saturated carbocycles. The molecule has 0 bridgehead atoms. The second-order valence-corrected chi connectivity index (χ2v) is 5.36. The van der Waals surface area contributed by atoms with Crippen molar-refractivity contribution in [3.8, 4) is 0 Å². The number of hydrazone groups is 1. The van der Waals surface area contributed by atoms with Gasteiger partial charge in [0.05, 0.1) is 17.9 Å². The molecule has 0 saturated heterocycles. The SMILES string of the molecule is c1ccc(C2=NN(c3ccccc3)Cc3ccccc32)cc1. The third-order valence-electron chi connectivity index (χ3n) is 3.91. The number of fused-ring (bicyclic) bond motifs is 1. The highest BCUT2D eigenvalue weighted by Crippen LogP contribution is 2.26. The monoisotopic (exact) mass is 284 g/mol.